The van der Waals surface area contributed by atoms with E-state index >= 15 is 0 Å². The molecule has 2 rings (SSSR count). The monoisotopic (exact) mass is 260 g/mol. The Hall–Kier alpha value is -1.84. The molecule has 0 spiro atoms. The minimum atomic E-state index is 0.0864. The van der Waals surface area contributed by atoms with E-state index in [0.717, 1.165) is 18.5 Å². The Morgan fingerprint density at radius 1 is 1.37 bits per heavy atom. The number of rotatable bonds is 4. The summed E-state index contributed by atoms with van der Waals surface area (Å²) in [7, 11) is 1.82. The number of amides is 2. The molecule has 0 saturated heterocycles. The predicted octanol–water partition coefficient (Wildman–Crippen LogP) is 1.66. The summed E-state index contributed by atoms with van der Waals surface area (Å²) in [4.78, 5) is 24.5. The number of nitrogens with zero attached hydrogens (tertiary/aromatic N) is 1. The van der Waals surface area contributed by atoms with Gasteiger partial charge in [-0.05, 0) is 30.0 Å². The molecule has 0 atom stereocenters. The maximum Gasteiger partial charge on any atom is 0.227 e. The van der Waals surface area contributed by atoms with Gasteiger partial charge in [-0.15, -0.1) is 0 Å². The van der Waals surface area contributed by atoms with Crippen LogP contribution in [0.2, 0.25) is 0 Å². The van der Waals surface area contributed by atoms with Gasteiger partial charge >= 0.3 is 0 Å². The summed E-state index contributed by atoms with van der Waals surface area (Å²) in [6.07, 6.45) is 2.75. The van der Waals surface area contributed by atoms with E-state index in [2.05, 4.69) is 11.4 Å². The second-order valence-corrected chi connectivity index (χ2v) is 4.87. The van der Waals surface area contributed by atoms with Crippen molar-refractivity contribution < 1.29 is 9.59 Å². The molecule has 4 heteroatoms. The SMILES string of the molecule is CCC(=O)NCCc1ccc2c(c1)CCC(=O)N2C. The van der Waals surface area contributed by atoms with Gasteiger partial charge in [-0.25, -0.2) is 0 Å². The third kappa shape index (κ3) is 3.13. The highest BCUT2D eigenvalue weighted by Crippen LogP contribution is 2.27. The van der Waals surface area contributed by atoms with E-state index in [-0.39, 0.29) is 11.8 Å². The fourth-order valence-electron chi connectivity index (χ4n) is 2.34. The molecular formula is C15H20N2O2. The number of carbonyl (C=O) groups excluding carboxylic acids is 2. The molecule has 0 fully saturated rings. The topological polar surface area (TPSA) is 49.4 Å². The van der Waals surface area contributed by atoms with Crippen LogP contribution in [-0.2, 0) is 22.4 Å². The van der Waals surface area contributed by atoms with Crippen molar-refractivity contribution >= 4 is 17.5 Å². The van der Waals surface area contributed by atoms with Crippen LogP contribution in [0.25, 0.3) is 0 Å². The summed E-state index contributed by atoms with van der Waals surface area (Å²) < 4.78 is 0. The number of hydrogen-bond donors (Lipinski definition) is 1. The third-order valence-corrected chi connectivity index (χ3v) is 3.54. The summed E-state index contributed by atoms with van der Waals surface area (Å²) in [5.74, 6) is 0.263. The molecule has 1 N–H and O–H groups in total. The van der Waals surface area contributed by atoms with Crippen LogP contribution in [0.3, 0.4) is 0 Å². The summed E-state index contributed by atoms with van der Waals surface area (Å²) in [6.45, 7) is 2.52. The van der Waals surface area contributed by atoms with Crippen LogP contribution < -0.4 is 10.2 Å². The molecule has 0 aromatic heterocycles. The van der Waals surface area contributed by atoms with Crippen molar-refractivity contribution in [1.82, 2.24) is 5.32 Å². The minimum Gasteiger partial charge on any atom is -0.356 e. The second kappa shape index (κ2) is 5.87. The first-order valence-electron chi connectivity index (χ1n) is 6.77. The average Bonchev–Trinajstić information content (AvgIpc) is 2.43. The van der Waals surface area contributed by atoms with Gasteiger partial charge in [0.05, 0.1) is 0 Å². The first-order valence-corrected chi connectivity index (χ1v) is 6.77. The highest BCUT2D eigenvalue weighted by molar-refractivity contribution is 5.95. The third-order valence-electron chi connectivity index (χ3n) is 3.54. The molecule has 1 heterocycles. The van der Waals surface area contributed by atoms with Crippen molar-refractivity contribution in [3.8, 4) is 0 Å². The molecule has 19 heavy (non-hydrogen) atoms. The Bertz CT molecular complexity index is 497. The maximum atomic E-state index is 11.6. The highest BCUT2D eigenvalue weighted by Gasteiger charge is 2.20. The lowest BCUT2D eigenvalue weighted by Crippen LogP contribution is -2.31. The smallest absolute Gasteiger partial charge is 0.227 e. The lowest BCUT2D eigenvalue weighted by molar-refractivity contribution is -0.121. The Labute approximate surface area is 113 Å². The summed E-state index contributed by atoms with van der Waals surface area (Å²) in [6, 6.07) is 6.19. The van der Waals surface area contributed by atoms with Gasteiger partial charge in [-0.3, -0.25) is 9.59 Å². The van der Waals surface area contributed by atoms with Gasteiger partial charge in [0, 0.05) is 32.1 Å². The number of fused-ring (bicyclic) bond motifs is 1. The van der Waals surface area contributed by atoms with Crippen molar-refractivity contribution in [3.63, 3.8) is 0 Å². The summed E-state index contributed by atoms with van der Waals surface area (Å²) in [5.41, 5.74) is 3.44. The average molecular weight is 260 g/mol. The molecule has 0 bridgehead atoms. The van der Waals surface area contributed by atoms with E-state index in [0.29, 0.717) is 19.4 Å². The van der Waals surface area contributed by atoms with Gasteiger partial charge in [0.1, 0.15) is 0 Å². The van der Waals surface area contributed by atoms with Crippen molar-refractivity contribution in [2.24, 2.45) is 0 Å². The number of hydrogen-bond acceptors (Lipinski definition) is 2. The van der Waals surface area contributed by atoms with E-state index in [1.54, 1.807) is 4.90 Å². The van der Waals surface area contributed by atoms with Gasteiger partial charge in [0.25, 0.3) is 0 Å². The summed E-state index contributed by atoms with van der Waals surface area (Å²) >= 11 is 0. The lowest BCUT2D eigenvalue weighted by atomic mass is 9.98. The van der Waals surface area contributed by atoms with Gasteiger partial charge in [-0.2, -0.15) is 0 Å². The largest absolute Gasteiger partial charge is 0.356 e. The van der Waals surface area contributed by atoms with Gasteiger partial charge in [0.15, 0.2) is 0 Å². The van der Waals surface area contributed by atoms with Crippen LogP contribution in [0, 0.1) is 0 Å². The number of aryl methyl sites for hydroxylation is 1. The normalized spacial score (nSPS) is 14.2. The lowest BCUT2D eigenvalue weighted by Gasteiger charge is -2.26. The minimum absolute atomic E-state index is 0.0864. The number of anilines is 1. The van der Waals surface area contributed by atoms with E-state index < -0.39 is 0 Å². The standard InChI is InChI=1S/C15H20N2O2/c1-3-14(18)16-9-8-11-4-6-13-12(10-11)5-7-15(19)17(13)2/h4,6,10H,3,5,7-9H2,1-2H3,(H,16,18). The molecule has 0 saturated carbocycles. The molecule has 0 unspecified atom stereocenters. The van der Waals surface area contributed by atoms with E-state index in [4.69, 9.17) is 0 Å². The first kappa shape index (κ1) is 13.6. The van der Waals surface area contributed by atoms with Crippen molar-refractivity contribution in [2.75, 3.05) is 18.5 Å². The van der Waals surface area contributed by atoms with Crippen molar-refractivity contribution in [3.05, 3.63) is 29.3 Å². The number of nitrogens with one attached hydrogen (secondary N) is 1. The number of carbonyl (C=O) groups is 2. The number of benzene rings is 1. The molecule has 1 aromatic rings. The van der Waals surface area contributed by atoms with E-state index in [9.17, 15) is 9.59 Å². The fraction of sp³-hybridized carbons (Fsp3) is 0.467. The van der Waals surface area contributed by atoms with E-state index in [1.807, 2.05) is 26.1 Å². The second-order valence-electron chi connectivity index (χ2n) is 4.87. The van der Waals surface area contributed by atoms with Crippen molar-refractivity contribution in [1.29, 1.82) is 0 Å². The van der Waals surface area contributed by atoms with Crippen LogP contribution in [0.4, 0.5) is 5.69 Å². The maximum absolute atomic E-state index is 11.6. The zero-order valence-electron chi connectivity index (χ0n) is 11.5. The Balaban J connectivity index is 2.01. The van der Waals surface area contributed by atoms with E-state index in [1.165, 1.54) is 11.1 Å². The molecule has 0 aliphatic carbocycles. The molecule has 4 nitrogen and oxygen atoms in total. The molecule has 102 valence electrons. The summed E-state index contributed by atoms with van der Waals surface area (Å²) in [5, 5.41) is 2.87. The quantitative estimate of drug-likeness (QED) is 0.895. The van der Waals surface area contributed by atoms with Crippen molar-refractivity contribution in [2.45, 2.75) is 32.6 Å². The molecule has 1 aliphatic rings. The molecule has 2 amide bonds. The van der Waals surface area contributed by atoms with Gasteiger partial charge < -0.3 is 10.2 Å². The highest BCUT2D eigenvalue weighted by atomic mass is 16.2. The van der Waals surface area contributed by atoms with Crippen LogP contribution in [0.5, 0.6) is 0 Å². The predicted molar refractivity (Wildman–Crippen MR) is 75.2 cm³/mol. The zero-order chi connectivity index (χ0) is 13.8. The van der Waals surface area contributed by atoms with Gasteiger partial charge in [0.2, 0.25) is 11.8 Å². The van der Waals surface area contributed by atoms with Crippen LogP contribution in [0.15, 0.2) is 18.2 Å². The van der Waals surface area contributed by atoms with Crippen LogP contribution in [0.1, 0.15) is 30.9 Å². The molecule has 0 radical (unpaired) electrons. The zero-order valence-corrected chi connectivity index (χ0v) is 11.5. The fourth-order valence-corrected chi connectivity index (χ4v) is 2.34. The molecular weight excluding hydrogens is 240 g/mol. The Kier molecular flexibility index (Phi) is 4.20. The van der Waals surface area contributed by atoms with Crippen LogP contribution in [-0.4, -0.2) is 25.4 Å². The first-order chi connectivity index (χ1) is 9.11. The van der Waals surface area contributed by atoms with Crippen LogP contribution >= 0.6 is 0 Å². The molecule has 1 aliphatic heterocycles. The Morgan fingerprint density at radius 2 is 2.16 bits per heavy atom. The Morgan fingerprint density at radius 3 is 2.89 bits per heavy atom. The molecule has 1 aromatic carbocycles. The van der Waals surface area contributed by atoms with Gasteiger partial charge in [-0.1, -0.05) is 19.1 Å².